The molecule has 4 heterocycles. The predicted octanol–water partition coefficient (Wildman–Crippen LogP) is 4.12. The molecular weight excluding hydrogens is 444 g/mol. The largest absolute Gasteiger partial charge is 0.450 e. The van der Waals surface area contributed by atoms with E-state index in [2.05, 4.69) is 22.2 Å². The molecule has 1 amide bonds. The van der Waals surface area contributed by atoms with Gasteiger partial charge < -0.3 is 9.64 Å². The highest BCUT2D eigenvalue weighted by Gasteiger charge is 2.28. The van der Waals surface area contributed by atoms with Crippen LogP contribution < -0.4 is 10.6 Å². The molecule has 0 N–H and O–H groups in total. The summed E-state index contributed by atoms with van der Waals surface area (Å²) < 4.78 is 6.94. The fourth-order valence-corrected chi connectivity index (χ4v) is 5.06. The van der Waals surface area contributed by atoms with E-state index in [1.54, 1.807) is 34.7 Å². The number of para-hydroxylation sites is 1. The third kappa shape index (κ3) is 4.86. The number of rotatable bonds is 5. The molecule has 9 nitrogen and oxygen atoms in total. The number of pyridine rings is 1. The second-order valence-corrected chi connectivity index (χ2v) is 9.07. The van der Waals surface area contributed by atoms with Crippen molar-refractivity contribution in [2.45, 2.75) is 45.1 Å². The summed E-state index contributed by atoms with van der Waals surface area (Å²) in [5.74, 6) is 0.564. The highest BCUT2D eigenvalue weighted by molar-refractivity contribution is 5.76. The van der Waals surface area contributed by atoms with Gasteiger partial charge in [0.25, 0.3) is 5.56 Å². The molecule has 184 valence electrons. The van der Waals surface area contributed by atoms with E-state index in [0.29, 0.717) is 44.1 Å². The van der Waals surface area contributed by atoms with E-state index in [1.165, 1.54) is 6.42 Å². The number of likely N-dealkylation sites (tertiary alicyclic amines) is 1. The Hall–Kier alpha value is -3.46. The van der Waals surface area contributed by atoms with Crippen LogP contribution in [0.25, 0.3) is 11.0 Å². The molecule has 3 aromatic rings. The molecule has 0 atom stereocenters. The number of benzene rings is 1. The summed E-state index contributed by atoms with van der Waals surface area (Å²) in [5, 5.41) is 5.21. The summed E-state index contributed by atoms with van der Waals surface area (Å²) in [7, 11) is 0. The maximum atomic E-state index is 13.1. The van der Waals surface area contributed by atoms with Gasteiger partial charge >= 0.3 is 6.09 Å². The van der Waals surface area contributed by atoms with E-state index in [0.717, 1.165) is 37.0 Å². The molecule has 2 aliphatic heterocycles. The quantitative estimate of drug-likeness (QED) is 0.548. The monoisotopic (exact) mass is 476 g/mol. The molecule has 0 unspecified atom stereocenters. The Morgan fingerprint density at radius 1 is 1.03 bits per heavy atom. The van der Waals surface area contributed by atoms with Crippen molar-refractivity contribution in [2.24, 2.45) is 0 Å². The number of anilines is 2. The smallest absolute Gasteiger partial charge is 0.409 e. The zero-order valence-corrected chi connectivity index (χ0v) is 20.2. The molecule has 0 aliphatic carbocycles. The van der Waals surface area contributed by atoms with E-state index in [9.17, 15) is 9.59 Å². The van der Waals surface area contributed by atoms with Crippen molar-refractivity contribution >= 4 is 28.8 Å². The Labute approximate surface area is 204 Å². The SMILES string of the molecule is CCOC(=O)N1CCC(n2c(=O)ccc3cnc(N(c4ccccc4)N4CCCCC4)nc32)CC1. The van der Waals surface area contributed by atoms with Gasteiger partial charge in [-0.05, 0) is 50.8 Å². The number of piperidine rings is 2. The van der Waals surface area contributed by atoms with Gasteiger partial charge in [-0.1, -0.05) is 24.6 Å². The lowest BCUT2D eigenvalue weighted by Gasteiger charge is -2.37. The minimum atomic E-state index is -0.291. The van der Waals surface area contributed by atoms with Crippen LogP contribution in [0.3, 0.4) is 0 Å². The number of nitrogens with zero attached hydrogens (tertiary/aromatic N) is 6. The molecule has 9 heteroatoms. The van der Waals surface area contributed by atoms with Gasteiger partial charge in [0.05, 0.1) is 12.3 Å². The maximum absolute atomic E-state index is 13.1. The lowest BCUT2D eigenvalue weighted by Crippen LogP contribution is -2.44. The second-order valence-electron chi connectivity index (χ2n) is 9.07. The van der Waals surface area contributed by atoms with Gasteiger partial charge in [-0.25, -0.2) is 19.8 Å². The summed E-state index contributed by atoms with van der Waals surface area (Å²) >= 11 is 0. The standard InChI is InChI=1S/C26H32N6O3/c1-2-35-26(34)29-17-13-21(14-18-29)31-23(33)12-11-20-19-27-25(28-24(20)31)32(22-9-5-3-6-10-22)30-15-7-4-8-16-30/h3,5-6,9-12,19,21H,2,4,7-8,13-18H2,1H3. The average molecular weight is 477 g/mol. The Balaban J connectivity index is 1.51. The Kier molecular flexibility index (Phi) is 6.94. The highest BCUT2D eigenvalue weighted by atomic mass is 16.6. The molecule has 0 radical (unpaired) electrons. The van der Waals surface area contributed by atoms with Crippen LogP contribution >= 0.6 is 0 Å². The van der Waals surface area contributed by atoms with E-state index in [4.69, 9.17) is 14.7 Å². The topological polar surface area (TPSA) is 83.8 Å². The van der Waals surface area contributed by atoms with Gasteiger partial charge in [-0.3, -0.25) is 9.36 Å². The molecule has 2 saturated heterocycles. The molecule has 1 aromatic carbocycles. The van der Waals surface area contributed by atoms with Crippen molar-refractivity contribution < 1.29 is 9.53 Å². The van der Waals surface area contributed by atoms with Crippen molar-refractivity contribution in [3.8, 4) is 0 Å². The number of amides is 1. The normalized spacial score (nSPS) is 17.5. The third-order valence-electron chi connectivity index (χ3n) is 6.82. The molecule has 2 fully saturated rings. The van der Waals surface area contributed by atoms with Crippen molar-refractivity contribution in [2.75, 3.05) is 37.8 Å². The lowest BCUT2D eigenvalue weighted by atomic mass is 10.0. The third-order valence-corrected chi connectivity index (χ3v) is 6.82. The Morgan fingerprint density at radius 2 is 1.77 bits per heavy atom. The number of fused-ring (bicyclic) bond motifs is 1. The van der Waals surface area contributed by atoms with E-state index in [-0.39, 0.29) is 17.7 Å². The van der Waals surface area contributed by atoms with Gasteiger partial charge in [0.2, 0.25) is 5.95 Å². The number of hydrogen-bond acceptors (Lipinski definition) is 7. The summed E-state index contributed by atoms with van der Waals surface area (Å²) in [6, 6.07) is 13.5. The van der Waals surface area contributed by atoms with Crippen molar-refractivity contribution in [3.05, 3.63) is 59.0 Å². The molecular formula is C26H32N6O3. The van der Waals surface area contributed by atoms with E-state index in [1.807, 2.05) is 18.2 Å². The Bertz CT molecular complexity index is 1220. The van der Waals surface area contributed by atoms with Crippen molar-refractivity contribution in [1.29, 1.82) is 0 Å². The zero-order valence-electron chi connectivity index (χ0n) is 20.2. The summed E-state index contributed by atoms with van der Waals surface area (Å²) in [4.78, 5) is 36.6. The fraction of sp³-hybridized carbons (Fsp3) is 0.462. The van der Waals surface area contributed by atoms with Gasteiger partial charge in [0.15, 0.2) is 0 Å². The highest BCUT2D eigenvalue weighted by Crippen LogP contribution is 2.29. The molecule has 2 aromatic heterocycles. The predicted molar refractivity (Wildman–Crippen MR) is 135 cm³/mol. The molecule has 0 bridgehead atoms. The molecule has 0 saturated carbocycles. The van der Waals surface area contributed by atoms with Crippen LogP contribution in [0.1, 0.15) is 45.1 Å². The number of ether oxygens (including phenoxy) is 1. The molecule has 5 rings (SSSR count). The summed E-state index contributed by atoms with van der Waals surface area (Å²) in [6.45, 7) is 5.13. The van der Waals surface area contributed by atoms with Gasteiger partial charge in [-0.15, -0.1) is 0 Å². The van der Waals surface area contributed by atoms with E-state index >= 15 is 0 Å². The summed E-state index contributed by atoms with van der Waals surface area (Å²) in [6.07, 6.45) is 6.34. The van der Waals surface area contributed by atoms with Crippen LogP contribution in [0.15, 0.2) is 53.5 Å². The number of aromatic nitrogens is 3. The van der Waals surface area contributed by atoms with Crippen LogP contribution in [0.5, 0.6) is 0 Å². The van der Waals surface area contributed by atoms with Gasteiger partial charge in [0, 0.05) is 49.9 Å². The minimum absolute atomic E-state index is 0.0419. The zero-order chi connectivity index (χ0) is 24.2. The number of carbonyl (C=O) groups is 1. The first-order valence-electron chi connectivity index (χ1n) is 12.6. The molecule has 0 spiro atoms. The van der Waals surface area contributed by atoms with Crippen molar-refractivity contribution in [3.63, 3.8) is 0 Å². The first kappa shape index (κ1) is 23.3. The molecule has 35 heavy (non-hydrogen) atoms. The minimum Gasteiger partial charge on any atom is -0.450 e. The number of hydrazine groups is 1. The first-order valence-corrected chi connectivity index (χ1v) is 12.6. The van der Waals surface area contributed by atoms with Gasteiger partial charge in [-0.2, -0.15) is 4.98 Å². The van der Waals surface area contributed by atoms with Crippen LogP contribution in [-0.2, 0) is 4.74 Å². The van der Waals surface area contributed by atoms with E-state index < -0.39 is 0 Å². The Morgan fingerprint density at radius 3 is 2.49 bits per heavy atom. The summed E-state index contributed by atoms with van der Waals surface area (Å²) in [5.41, 5.74) is 1.55. The van der Waals surface area contributed by atoms with Gasteiger partial charge in [0.1, 0.15) is 5.65 Å². The maximum Gasteiger partial charge on any atom is 0.409 e. The van der Waals surface area contributed by atoms with Crippen molar-refractivity contribution in [1.82, 2.24) is 24.4 Å². The molecule has 2 aliphatic rings. The van der Waals surface area contributed by atoms with Crippen LogP contribution in [0, 0.1) is 0 Å². The van der Waals surface area contributed by atoms with Crippen LogP contribution in [0.4, 0.5) is 16.4 Å². The average Bonchev–Trinajstić information content (AvgIpc) is 2.90. The second kappa shape index (κ2) is 10.4. The first-order chi connectivity index (χ1) is 17.2. The fourth-order valence-electron chi connectivity index (χ4n) is 5.06. The van der Waals surface area contributed by atoms with Crippen LogP contribution in [-0.4, -0.2) is 63.3 Å². The lowest BCUT2D eigenvalue weighted by molar-refractivity contribution is 0.0927. The number of carbonyl (C=O) groups excluding carboxylic acids is 1. The number of hydrogen-bond donors (Lipinski definition) is 0. The van der Waals surface area contributed by atoms with Crippen LogP contribution in [0.2, 0.25) is 0 Å².